The van der Waals surface area contributed by atoms with Crippen molar-refractivity contribution in [2.24, 2.45) is 5.41 Å². The summed E-state index contributed by atoms with van der Waals surface area (Å²) >= 11 is 0. The summed E-state index contributed by atoms with van der Waals surface area (Å²) in [6, 6.07) is 0. The molecule has 0 aliphatic heterocycles. The van der Waals surface area contributed by atoms with E-state index in [4.69, 9.17) is 0 Å². The van der Waals surface area contributed by atoms with Crippen molar-refractivity contribution in [1.29, 1.82) is 0 Å². The number of carbonyl (C=O) groups excluding carboxylic acids is 1. The summed E-state index contributed by atoms with van der Waals surface area (Å²) in [5.74, 6) is -1.30. The molecule has 0 aromatic carbocycles. The van der Waals surface area contributed by atoms with Gasteiger partial charge in [0, 0.05) is 13.0 Å². The molecule has 0 spiro atoms. The summed E-state index contributed by atoms with van der Waals surface area (Å²) in [5.41, 5.74) is -0.966. The van der Waals surface area contributed by atoms with Crippen molar-refractivity contribution in [1.82, 2.24) is 5.32 Å². The zero-order valence-corrected chi connectivity index (χ0v) is 11.4. The minimum absolute atomic E-state index is 0.00382. The molecule has 0 aromatic heterocycles. The van der Waals surface area contributed by atoms with Gasteiger partial charge < -0.3 is 15.2 Å². The smallest absolute Gasteiger partial charge is 0.310 e. The number of carbonyl (C=O) groups is 2. The molecule has 1 amide bonds. The minimum atomic E-state index is -2.52. The van der Waals surface area contributed by atoms with Crippen LogP contribution in [-0.2, 0) is 14.3 Å². The first-order valence-electron chi connectivity index (χ1n) is 6.82. The van der Waals surface area contributed by atoms with E-state index in [1.165, 1.54) is 0 Å². The fourth-order valence-electron chi connectivity index (χ4n) is 2.50. The highest BCUT2D eigenvalue weighted by Gasteiger charge is 2.41. The molecule has 0 saturated heterocycles. The first kappa shape index (κ1) is 16.8. The summed E-state index contributed by atoms with van der Waals surface area (Å²) in [7, 11) is 0. The SMILES string of the molecule is O=C(CC1(C(=O)O)CCCCC1)NCCOCC(F)F. The van der Waals surface area contributed by atoms with Crippen LogP contribution in [-0.4, -0.2) is 43.2 Å². The molecule has 0 aromatic rings. The predicted octanol–water partition coefficient (Wildman–Crippen LogP) is 1.81. The van der Waals surface area contributed by atoms with Crippen LogP contribution in [0.4, 0.5) is 8.78 Å². The Kier molecular flexibility index (Phi) is 6.84. The highest BCUT2D eigenvalue weighted by molar-refractivity contribution is 5.85. The number of carboxylic acids is 1. The van der Waals surface area contributed by atoms with E-state index in [1.807, 2.05) is 0 Å². The molecular formula is C13H21F2NO4. The molecule has 5 nitrogen and oxygen atoms in total. The first-order valence-corrected chi connectivity index (χ1v) is 6.82. The van der Waals surface area contributed by atoms with Gasteiger partial charge in [-0.1, -0.05) is 19.3 Å². The van der Waals surface area contributed by atoms with Crippen LogP contribution in [0.25, 0.3) is 0 Å². The van der Waals surface area contributed by atoms with Crippen LogP contribution in [0.1, 0.15) is 38.5 Å². The molecule has 1 rings (SSSR count). The van der Waals surface area contributed by atoms with Gasteiger partial charge in [-0.15, -0.1) is 0 Å². The molecule has 7 heteroatoms. The Labute approximate surface area is 116 Å². The fourth-order valence-corrected chi connectivity index (χ4v) is 2.50. The second kappa shape index (κ2) is 8.14. The maximum Gasteiger partial charge on any atom is 0.310 e. The standard InChI is InChI=1S/C13H21F2NO4/c14-10(15)9-20-7-6-16-11(17)8-13(12(18)19)4-2-1-3-5-13/h10H,1-9H2,(H,16,17)(H,18,19). The number of alkyl halides is 2. The quantitative estimate of drug-likeness (QED) is 0.669. The number of hydrogen-bond donors (Lipinski definition) is 2. The van der Waals surface area contributed by atoms with Crippen LogP contribution in [0.15, 0.2) is 0 Å². The maximum absolute atomic E-state index is 11.8. The summed E-state index contributed by atoms with van der Waals surface area (Å²) in [6.07, 6.45) is 1.07. The normalized spacial score (nSPS) is 17.9. The third kappa shape index (κ3) is 5.40. The van der Waals surface area contributed by atoms with Crippen LogP contribution < -0.4 is 5.32 Å². The topological polar surface area (TPSA) is 75.6 Å². The van der Waals surface area contributed by atoms with Crippen LogP contribution in [0.5, 0.6) is 0 Å². The lowest BCUT2D eigenvalue weighted by molar-refractivity contribution is -0.154. The van der Waals surface area contributed by atoms with Crippen molar-refractivity contribution >= 4 is 11.9 Å². The molecule has 0 heterocycles. The summed E-state index contributed by atoms with van der Waals surface area (Å²) in [6.45, 7) is -0.549. The van der Waals surface area contributed by atoms with Gasteiger partial charge in [-0.05, 0) is 12.8 Å². The fraction of sp³-hybridized carbons (Fsp3) is 0.846. The predicted molar refractivity (Wildman–Crippen MR) is 67.6 cm³/mol. The molecule has 2 N–H and O–H groups in total. The van der Waals surface area contributed by atoms with Crippen molar-refractivity contribution < 1.29 is 28.2 Å². The van der Waals surface area contributed by atoms with Crippen LogP contribution >= 0.6 is 0 Å². The lowest BCUT2D eigenvalue weighted by Gasteiger charge is -2.32. The lowest BCUT2D eigenvalue weighted by Crippen LogP contribution is -2.39. The summed E-state index contributed by atoms with van der Waals surface area (Å²) < 4.78 is 28.2. The zero-order chi connectivity index (χ0) is 15.0. The third-order valence-electron chi connectivity index (χ3n) is 3.58. The molecule has 0 atom stereocenters. The number of rotatable bonds is 8. The number of ether oxygens (including phenoxy) is 1. The Morgan fingerprint density at radius 2 is 1.90 bits per heavy atom. The molecule has 116 valence electrons. The molecule has 1 fully saturated rings. The van der Waals surface area contributed by atoms with Gasteiger partial charge >= 0.3 is 5.97 Å². The van der Waals surface area contributed by atoms with Crippen molar-refractivity contribution in [3.05, 3.63) is 0 Å². The molecule has 0 radical (unpaired) electrons. The highest BCUT2D eigenvalue weighted by atomic mass is 19.3. The van der Waals surface area contributed by atoms with Crippen molar-refractivity contribution in [3.63, 3.8) is 0 Å². The minimum Gasteiger partial charge on any atom is -0.481 e. The highest BCUT2D eigenvalue weighted by Crippen LogP contribution is 2.39. The van der Waals surface area contributed by atoms with Gasteiger partial charge in [0.25, 0.3) is 6.43 Å². The van der Waals surface area contributed by atoms with Crippen LogP contribution in [0, 0.1) is 5.41 Å². The lowest BCUT2D eigenvalue weighted by atomic mass is 9.71. The Morgan fingerprint density at radius 3 is 2.45 bits per heavy atom. The number of aliphatic carboxylic acids is 1. The zero-order valence-electron chi connectivity index (χ0n) is 11.4. The Bertz CT molecular complexity index is 330. The van der Waals surface area contributed by atoms with Gasteiger partial charge in [-0.3, -0.25) is 9.59 Å². The van der Waals surface area contributed by atoms with Crippen molar-refractivity contribution in [3.8, 4) is 0 Å². The van der Waals surface area contributed by atoms with Gasteiger partial charge in [0.1, 0.15) is 6.61 Å². The number of amides is 1. The first-order chi connectivity index (χ1) is 9.46. The van der Waals surface area contributed by atoms with E-state index in [0.717, 1.165) is 19.3 Å². The van der Waals surface area contributed by atoms with Gasteiger partial charge in [0.2, 0.25) is 5.91 Å². The second-order valence-electron chi connectivity index (χ2n) is 5.14. The van der Waals surface area contributed by atoms with E-state index >= 15 is 0 Å². The largest absolute Gasteiger partial charge is 0.481 e. The molecule has 1 saturated carbocycles. The van der Waals surface area contributed by atoms with Gasteiger partial charge in [0.15, 0.2) is 0 Å². The summed E-state index contributed by atoms with van der Waals surface area (Å²) in [5, 5.41) is 11.8. The monoisotopic (exact) mass is 293 g/mol. The maximum atomic E-state index is 11.8. The second-order valence-corrected chi connectivity index (χ2v) is 5.14. The average molecular weight is 293 g/mol. The van der Waals surface area contributed by atoms with E-state index in [2.05, 4.69) is 10.1 Å². The average Bonchev–Trinajstić information content (AvgIpc) is 2.38. The van der Waals surface area contributed by atoms with Gasteiger partial charge in [-0.2, -0.15) is 0 Å². The Morgan fingerprint density at radius 1 is 1.25 bits per heavy atom. The number of halogens is 2. The van der Waals surface area contributed by atoms with Gasteiger partial charge in [-0.25, -0.2) is 8.78 Å². The van der Waals surface area contributed by atoms with E-state index in [9.17, 15) is 23.5 Å². The third-order valence-corrected chi connectivity index (χ3v) is 3.58. The number of carboxylic acid groups (broad SMARTS) is 1. The Balaban J connectivity index is 2.30. The Hall–Kier alpha value is -1.24. The molecule has 1 aliphatic carbocycles. The molecular weight excluding hydrogens is 272 g/mol. The van der Waals surface area contributed by atoms with Crippen LogP contribution in [0.2, 0.25) is 0 Å². The summed E-state index contributed by atoms with van der Waals surface area (Å²) in [4.78, 5) is 23.1. The van der Waals surface area contributed by atoms with E-state index in [1.54, 1.807) is 0 Å². The molecule has 1 aliphatic rings. The van der Waals surface area contributed by atoms with E-state index < -0.39 is 24.4 Å². The van der Waals surface area contributed by atoms with Crippen LogP contribution in [0.3, 0.4) is 0 Å². The number of hydrogen-bond acceptors (Lipinski definition) is 3. The number of nitrogens with one attached hydrogen (secondary N) is 1. The van der Waals surface area contributed by atoms with Crippen molar-refractivity contribution in [2.45, 2.75) is 45.0 Å². The van der Waals surface area contributed by atoms with Gasteiger partial charge in [0.05, 0.1) is 12.0 Å². The molecule has 20 heavy (non-hydrogen) atoms. The molecule has 0 unspecified atom stereocenters. The van der Waals surface area contributed by atoms with E-state index in [-0.39, 0.29) is 25.5 Å². The van der Waals surface area contributed by atoms with Crippen molar-refractivity contribution in [2.75, 3.05) is 19.8 Å². The van der Waals surface area contributed by atoms with E-state index in [0.29, 0.717) is 12.8 Å². The molecule has 0 bridgehead atoms.